The third-order valence-electron chi connectivity index (χ3n) is 9.07. The van der Waals surface area contributed by atoms with Crippen LogP contribution < -0.4 is 0 Å². The number of ketones is 2. The molecule has 1 saturated heterocycles. The first-order valence-electron chi connectivity index (χ1n) is 14.5. The third-order valence-corrected chi connectivity index (χ3v) is 9.07. The van der Waals surface area contributed by atoms with Gasteiger partial charge in [-0.05, 0) is 42.5 Å². The second kappa shape index (κ2) is 11.2. The number of carbonyl (C=O) groups is 2. The fourth-order valence-corrected chi connectivity index (χ4v) is 6.96. The van der Waals surface area contributed by atoms with Gasteiger partial charge in [-0.3, -0.25) is 19.5 Å². The van der Waals surface area contributed by atoms with E-state index in [0.29, 0.717) is 25.6 Å². The van der Waals surface area contributed by atoms with Gasteiger partial charge in [0.25, 0.3) is 0 Å². The van der Waals surface area contributed by atoms with Crippen molar-refractivity contribution in [3.05, 3.63) is 71.7 Å². The molecule has 41 heavy (non-hydrogen) atoms. The van der Waals surface area contributed by atoms with Gasteiger partial charge in [0.2, 0.25) is 0 Å². The fraction of sp³-hybridized carbons (Fsp3) is 0.515. The number of hydrogen-bond acceptors (Lipinski definition) is 6. The Hall–Kier alpha value is -3.26. The molecule has 2 aromatic heterocycles. The van der Waals surface area contributed by atoms with Gasteiger partial charge in [0.1, 0.15) is 23.1 Å². The predicted molar refractivity (Wildman–Crippen MR) is 152 cm³/mol. The van der Waals surface area contributed by atoms with Gasteiger partial charge >= 0.3 is 0 Å². The number of rotatable bonds is 10. The Morgan fingerprint density at radius 1 is 1.07 bits per heavy atom. The van der Waals surface area contributed by atoms with Gasteiger partial charge in [0, 0.05) is 73.2 Å². The third kappa shape index (κ3) is 6.32. The van der Waals surface area contributed by atoms with Crippen molar-refractivity contribution in [3.8, 4) is 11.3 Å². The number of hydrogen-bond donors (Lipinski definition) is 0. The Morgan fingerprint density at radius 2 is 1.85 bits per heavy atom. The lowest BCUT2D eigenvalue weighted by Gasteiger charge is -2.57. The van der Waals surface area contributed by atoms with Crippen molar-refractivity contribution in [3.63, 3.8) is 0 Å². The zero-order valence-corrected chi connectivity index (χ0v) is 24.4. The average Bonchev–Trinajstić information content (AvgIpc) is 3.37. The van der Waals surface area contributed by atoms with E-state index in [0.717, 1.165) is 24.2 Å². The molecule has 1 aliphatic heterocycles. The van der Waals surface area contributed by atoms with Crippen LogP contribution in [-0.2, 0) is 10.2 Å². The van der Waals surface area contributed by atoms with Crippen molar-refractivity contribution in [2.24, 2.45) is 10.8 Å². The van der Waals surface area contributed by atoms with Crippen molar-refractivity contribution < 1.29 is 22.9 Å². The van der Waals surface area contributed by atoms with Gasteiger partial charge in [0.05, 0.1) is 5.56 Å². The molecule has 1 saturated carbocycles. The monoisotopic (exact) mass is 563 g/mol. The van der Waals surface area contributed by atoms with Crippen LogP contribution in [0.4, 0.5) is 8.78 Å². The van der Waals surface area contributed by atoms with E-state index in [1.807, 2.05) is 32.0 Å². The standard InChI is InChI=1S/C33H39F2N3O3/c1-31(2)13-7-5-10-30(31)38-20-33(21-38,18-23(39)17-32(3,4)29-9-6-8-14-36-29)19-27(40)26-16-28(41-37-26)24-12-11-22(34)15-25(24)35/h6,8-9,11-12,14-16,30H,5,7,10,13,17-21H2,1-4H3/t30-/m0/s1. The number of benzene rings is 1. The van der Waals surface area contributed by atoms with Gasteiger partial charge in [-0.1, -0.05) is 51.8 Å². The highest BCUT2D eigenvalue weighted by atomic mass is 19.1. The maximum absolute atomic E-state index is 14.3. The first kappa shape index (κ1) is 29.2. The number of likely N-dealkylation sites (tertiary alicyclic amines) is 1. The van der Waals surface area contributed by atoms with Crippen LogP contribution in [0, 0.1) is 22.5 Å². The molecule has 8 heteroatoms. The summed E-state index contributed by atoms with van der Waals surface area (Å²) in [4.78, 5) is 34.0. The molecule has 6 nitrogen and oxygen atoms in total. The topological polar surface area (TPSA) is 76.3 Å². The fourth-order valence-electron chi connectivity index (χ4n) is 6.96. The Balaban J connectivity index is 1.34. The number of pyridine rings is 1. The van der Waals surface area contributed by atoms with Crippen LogP contribution in [0.5, 0.6) is 0 Å². The zero-order valence-electron chi connectivity index (χ0n) is 24.4. The molecule has 3 heterocycles. The van der Waals surface area contributed by atoms with Crippen molar-refractivity contribution in [2.45, 2.75) is 84.1 Å². The van der Waals surface area contributed by atoms with Crippen LogP contribution in [0.25, 0.3) is 11.3 Å². The van der Waals surface area contributed by atoms with E-state index in [-0.39, 0.29) is 46.8 Å². The maximum Gasteiger partial charge on any atom is 0.185 e. The van der Waals surface area contributed by atoms with E-state index in [2.05, 4.69) is 28.9 Å². The van der Waals surface area contributed by atoms with Crippen LogP contribution >= 0.6 is 0 Å². The van der Waals surface area contributed by atoms with E-state index in [4.69, 9.17) is 4.52 Å². The minimum absolute atomic E-state index is 0.0361. The molecule has 2 fully saturated rings. The molecule has 0 N–H and O–H groups in total. The van der Waals surface area contributed by atoms with E-state index >= 15 is 0 Å². The molecule has 0 bridgehead atoms. The summed E-state index contributed by atoms with van der Waals surface area (Å²) in [7, 11) is 0. The molecule has 1 atom stereocenters. The van der Waals surface area contributed by atoms with Crippen molar-refractivity contribution in [2.75, 3.05) is 13.1 Å². The Labute approximate surface area is 240 Å². The predicted octanol–water partition coefficient (Wildman–Crippen LogP) is 7.19. The summed E-state index contributed by atoms with van der Waals surface area (Å²) >= 11 is 0. The summed E-state index contributed by atoms with van der Waals surface area (Å²) in [5.41, 5.74) is 0.218. The van der Waals surface area contributed by atoms with Crippen LogP contribution in [0.1, 0.15) is 88.8 Å². The molecular weight excluding hydrogens is 524 g/mol. The Morgan fingerprint density at radius 3 is 2.54 bits per heavy atom. The van der Waals surface area contributed by atoms with E-state index in [9.17, 15) is 18.4 Å². The summed E-state index contributed by atoms with van der Waals surface area (Å²) in [6.07, 6.45) is 7.20. The van der Waals surface area contributed by atoms with Gasteiger partial charge in [-0.25, -0.2) is 8.78 Å². The summed E-state index contributed by atoms with van der Waals surface area (Å²) in [6.45, 7) is 10.0. The number of Topliss-reactive ketones (excluding diaryl/α,β-unsaturated/α-hetero) is 2. The molecule has 0 unspecified atom stereocenters. The molecule has 1 aromatic carbocycles. The molecule has 3 aromatic rings. The smallest absolute Gasteiger partial charge is 0.185 e. The maximum atomic E-state index is 14.3. The molecule has 0 amide bonds. The molecule has 0 spiro atoms. The van der Waals surface area contributed by atoms with Crippen molar-refractivity contribution in [1.29, 1.82) is 0 Å². The van der Waals surface area contributed by atoms with Crippen LogP contribution in [0.15, 0.2) is 53.2 Å². The first-order valence-corrected chi connectivity index (χ1v) is 14.5. The highest BCUT2D eigenvalue weighted by Gasteiger charge is 2.51. The second-order valence-electron chi connectivity index (χ2n) is 13.4. The van der Waals surface area contributed by atoms with Gasteiger partial charge in [-0.15, -0.1) is 0 Å². The number of carbonyl (C=O) groups excluding carboxylic acids is 2. The van der Waals surface area contributed by atoms with Gasteiger partial charge < -0.3 is 4.52 Å². The van der Waals surface area contributed by atoms with Crippen molar-refractivity contribution >= 4 is 11.6 Å². The molecule has 218 valence electrons. The molecule has 1 aliphatic carbocycles. The molecular formula is C33H39F2N3O3. The normalized spacial score (nSPS) is 20.4. The average molecular weight is 564 g/mol. The first-order chi connectivity index (χ1) is 19.4. The van der Waals surface area contributed by atoms with Crippen LogP contribution in [0.3, 0.4) is 0 Å². The summed E-state index contributed by atoms with van der Waals surface area (Å²) < 4.78 is 33.0. The van der Waals surface area contributed by atoms with Gasteiger partial charge in [0.15, 0.2) is 11.5 Å². The van der Waals surface area contributed by atoms with E-state index < -0.39 is 22.5 Å². The van der Waals surface area contributed by atoms with Crippen LogP contribution in [0.2, 0.25) is 0 Å². The van der Waals surface area contributed by atoms with E-state index in [1.165, 1.54) is 31.4 Å². The minimum Gasteiger partial charge on any atom is -0.355 e. The minimum atomic E-state index is -0.789. The highest BCUT2D eigenvalue weighted by Crippen LogP contribution is 2.47. The molecule has 5 rings (SSSR count). The largest absolute Gasteiger partial charge is 0.355 e. The number of nitrogens with zero attached hydrogens (tertiary/aromatic N) is 3. The lowest BCUT2D eigenvalue weighted by Crippen LogP contribution is -2.64. The quantitative estimate of drug-likeness (QED) is 0.243. The molecule has 0 radical (unpaired) electrons. The molecule has 2 aliphatic rings. The Bertz CT molecular complexity index is 1410. The Kier molecular flexibility index (Phi) is 7.99. The number of aromatic nitrogens is 2. The summed E-state index contributed by atoms with van der Waals surface area (Å²) in [6, 6.07) is 10.7. The summed E-state index contributed by atoms with van der Waals surface area (Å²) in [5, 5.41) is 3.92. The lowest BCUT2D eigenvalue weighted by molar-refractivity contribution is -0.130. The van der Waals surface area contributed by atoms with E-state index in [1.54, 1.807) is 6.20 Å². The van der Waals surface area contributed by atoms with Crippen molar-refractivity contribution in [1.82, 2.24) is 15.0 Å². The lowest BCUT2D eigenvalue weighted by atomic mass is 9.65. The summed E-state index contributed by atoms with van der Waals surface area (Å²) in [5.74, 6) is -1.57. The highest BCUT2D eigenvalue weighted by molar-refractivity contribution is 5.96. The number of halogens is 2. The van der Waals surface area contributed by atoms with Crippen LogP contribution in [-0.4, -0.2) is 45.7 Å². The van der Waals surface area contributed by atoms with Gasteiger partial charge in [-0.2, -0.15) is 0 Å². The zero-order chi connectivity index (χ0) is 29.4. The second-order valence-corrected chi connectivity index (χ2v) is 13.4. The SMILES string of the molecule is CC(C)(CC(=O)CC1(CC(=O)c2cc(-c3ccc(F)cc3F)on2)CN([C@H]2CCCCC2(C)C)C1)c1ccccn1.